The minimum atomic E-state index is -1.25. The van der Waals surface area contributed by atoms with Crippen LogP contribution >= 0.6 is 15.8 Å². The Morgan fingerprint density at radius 3 is 0.769 bits per heavy atom. The molecule has 0 atom stereocenters. The third-order valence-electron chi connectivity index (χ3n) is 5.86. The fourth-order valence-electron chi connectivity index (χ4n) is 4.23. The van der Waals surface area contributed by atoms with Crippen molar-refractivity contribution in [3.05, 3.63) is 170 Å². The molecule has 0 unspecified atom stereocenters. The van der Waals surface area contributed by atoms with Gasteiger partial charge in [-0.2, -0.15) is 24.3 Å². The van der Waals surface area contributed by atoms with E-state index >= 15 is 0 Å². The zero-order valence-corrected chi connectivity index (χ0v) is 24.1. The summed E-state index contributed by atoms with van der Waals surface area (Å²) in [5.41, 5.74) is 0. The van der Waals surface area contributed by atoms with Gasteiger partial charge >= 0.3 is 22.5 Å². The Bertz CT molecular complexity index is 1310. The van der Waals surface area contributed by atoms with Gasteiger partial charge in [-0.25, -0.2) is 24.3 Å². The van der Waals surface area contributed by atoms with Crippen LogP contribution in [0.5, 0.6) is 0 Å². The van der Waals surface area contributed by atoms with E-state index in [4.69, 9.17) is 7.67 Å². The van der Waals surface area contributed by atoms with E-state index in [0.29, 0.717) is 0 Å². The summed E-state index contributed by atoms with van der Waals surface area (Å²) in [5.74, 6) is 0. The predicted molar refractivity (Wildman–Crippen MR) is 163 cm³/mol. The Labute approximate surface area is 239 Å². The molecular formula is C34H28FeO2P2-2. The summed E-state index contributed by atoms with van der Waals surface area (Å²) in [7, 11) is -0.818. The van der Waals surface area contributed by atoms with Crippen LogP contribution in [0.3, 0.4) is 0 Å². The molecule has 2 nitrogen and oxygen atoms in total. The molecule has 0 radical (unpaired) electrons. The van der Waals surface area contributed by atoms with E-state index < -0.39 is 30.7 Å². The van der Waals surface area contributed by atoms with Crippen molar-refractivity contribution in [2.24, 2.45) is 0 Å². The van der Waals surface area contributed by atoms with Gasteiger partial charge in [-0.1, -0.05) is 137 Å². The molecule has 6 aromatic carbocycles. The fraction of sp³-hybridized carbons (Fsp3) is 0. The van der Waals surface area contributed by atoms with Crippen LogP contribution in [-0.4, -0.2) is 0 Å². The van der Waals surface area contributed by atoms with Crippen molar-refractivity contribution >= 4 is 47.7 Å². The molecule has 5 heteroatoms. The number of hydrogen-bond donors (Lipinski definition) is 0. The summed E-state index contributed by atoms with van der Waals surface area (Å²) >= 11 is -1.25. The molecule has 196 valence electrons. The molecule has 0 aromatic heterocycles. The maximum Gasteiger partial charge on any atom is -0.0269 e. The van der Waals surface area contributed by atoms with Crippen molar-refractivity contribution < 1.29 is 22.5 Å². The standard InChI is InChI=1S/2C17H14P.Fe.2O/c2*1-3-9-15(10-4-1)18(17-13-7-8-14-17)16-11-5-2-6-12-16;;;/h2*1-14H;;;/q2*-1;;;. The summed E-state index contributed by atoms with van der Waals surface area (Å²) in [6.45, 7) is 0. The average molecular weight is 586 g/mol. The Kier molecular flexibility index (Phi) is 11.6. The van der Waals surface area contributed by atoms with Crippen molar-refractivity contribution in [2.45, 2.75) is 0 Å². The first-order valence-electron chi connectivity index (χ1n) is 12.4. The summed E-state index contributed by atoms with van der Waals surface area (Å²) < 4.78 is 16.8. The van der Waals surface area contributed by atoms with E-state index in [1.807, 2.05) is 0 Å². The van der Waals surface area contributed by atoms with E-state index in [9.17, 15) is 0 Å². The van der Waals surface area contributed by atoms with E-state index in [2.05, 4.69) is 170 Å². The van der Waals surface area contributed by atoms with Gasteiger partial charge < -0.3 is 0 Å². The monoisotopic (exact) mass is 586 g/mol. The smallest absolute Gasteiger partial charge is 0.0269 e. The van der Waals surface area contributed by atoms with Gasteiger partial charge in [0.2, 0.25) is 0 Å². The summed E-state index contributed by atoms with van der Waals surface area (Å²) in [5, 5.41) is 8.47. The van der Waals surface area contributed by atoms with E-state index in [1.54, 1.807) is 0 Å². The molecule has 0 saturated carbocycles. The zero-order valence-electron chi connectivity index (χ0n) is 21.2. The zero-order chi connectivity index (χ0) is 27.1. The van der Waals surface area contributed by atoms with Crippen molar-refractivity contribution in [3.8, 4) is 0 Å². The Morgan fingerprint density at radius 2 is 0.564 bits per heavy atom. The average Bonchev–Trinajstić information content (AvgIpc) is 3.72. The van der Waals surface area contributed by atoms with Gasteiger partial charge in [-0.05, 0) is 21.2 Å². The second-order valence-electron chi connectivity index (χ2n) is 8.36. The van der Waals surface area contributed by atoms with E-state index in [-0.39, 0.29) is 0 Å². The quantitative estimate of drug-likeness (QED) is 0.135. The van der Waals surface area contributed by atoms with Gasteiger partial charge in [0.05, 0.1) is 0 Å². The largest absolute Gasteiger partial charge is 0.213 e. The molecule has 39 heavy (non-hydrogen) atoms. The molecule has 0 aliphatic rings. The molecule has 0 bridgehead atoms. The third kappa shape index (κ3) is 8.27. The first kappa shape index (κ1) is 28.6. The maximum absolute atomic E-state index is 8.38. The molecule has 6 aromatic rings. The van der Waals surface area contributed by atoms with Gasteiger partial charge in [-0.3, -0.25) is 0 Å². The Hall–Kier alpha value is -3.44. The third-order valence-corrected chi connectivity index (χ3v) is 10.8. The number of benzene rings is 4. The van der Waals surface area contributed by atoms with Crippen LogP contribution in [-0.2, 0) is 22.5 Å². The number of hydrogen-bond acceptors (Lipinski definition) is 2. The summed E-state index contributed by atoms with van der Waals surface area (Å²) in [4.78, 5) is 0. The minimum Gasteiger partial charge on any atom is -0.213 e. The summed E-state index contributed by atoms with van der Waals surface area (Å²) in [6, 6.07) is 60.5. The van der Waals surface area contributed by atoms with Gasteiger partial charge in [-0.15, -0.1) is 10.6 Å². The number of rotatable bonds is 6. The van der Waals surface area contributed by atoms with Gasteiger partial charge in [0, 0.05) is 0 Å². The molecule has 0 fully saturated rings. The molecule has 0 N–H and O–H groups in total. The molecule has 0 aliphatic heterocycles. The van der Waals surface area contributed by atoms with Crippen LogP contribution in [0.25, 0.3) is 0 Å². The van der Waals surface area contributed by atoms with E-state index in [1.165, 1.54) is 31.8 Å². The second kappa shape index (κ2) is 15.8. The maximum atomic E-state index is 8.38. The minimum absolute atomic E-state index is 0.409. The van der Waals surface area contributed by atoms with Crippen molar-refractivity contribution in [1.29, 1.82) is 0 Å². The molecule has 6 rings (SSSR count). The van der Waals surface area contributed by atoms with Gasteiger partial charge in [0.15, 0.2) is 0 Å². The normalized spacial score (nSPS) is 10.3. The Balaban J connectivity index is 0.000000165. The first-order valence-corrected chi connectivity index (χ1v) is 16.0. The second-order valence-corrected chi connectivity index (χ2v) is 13.0. The van der Waals surface area contributed by atoms with Crippen LogP contribution < -0.4 is 31.8 Å². The van der Waals surface area contributed by atoms with Gasteiger partial charge in [0.25, 0.3) is 0 Å². The SMILES string of the molecule is [O]=[Fe]=[O].c1ccc(P(c2ccccc2)[c-]2cccc2)cc1.c1ccc(P(c2ccccc2)[c-]2cccc2)cc1. The molecule has 0 spiro atoms. The fourth-order valence-corrected chi connectivity index (χ4v) is 8.84. The summed E-state index contributed by atoms with van der Waals surface area (Å²) in [6.07, 6.45) is 0. The molecule has 0 amide bonds. The van der Waals surface area contributed by atoms with Crippen molar-refractivity contribution in [1.82, 2.24) is 0 Å². The van der Waals surface area contributed by atoms with Crippen LogP contribution in [0.4, 0.5) is 0 Å². The van der Waals surface area contributed by atoms with E-state index in [0.717, 1.165) is 0 Å². The predicted octanol–water partition coefficient (Wildman–Crippen LogP) is 6.09. The molecule has 0 saturated heterocycles. The van der Waals surface area contributed by atoms with Crippen LogP contribution in [0.1, 0.15) is 0 Å². The Morgan fingerprint density at radius 1 is 0.359 bits per heavy atom. The van der Waals surface area contributed by atoms with Crippen LogP contribution in [0.15, 0.2) is 170 Å². The van der Waals surface area contributed by atoms with Crippen molar-refractivity contribution in [2.75, 3.05) is 0 Å². The van der Waals surface area contributed by atoms with Crippen LogP contribution in [0, 0.1) is 0 Å². The molecule has 0 aliphatic carbocycles. The van der Waals surface area contributed by atoms with Gasteiger partial charge in [0.1, 0.15) is 0 Å². The topological polar surface area (TPSA) is 34.1 Å². The molecule has 0 heterocycles. The first-order chi connectivity index (χ1) is 19.3. The molecular weight excluding hydrogens is 558 g/mol. The van der Waals surface area contributed by atoms with Crippen LogP contribution in [0.2, 0.25) is 0 Å². The van der Waals surface area contributed by atoms with Crippen molar-refractivity contribution in [3.63, 3.8) is 0 Å².